The highest BCUT2D eigenvalue weighted by atomic mass is 19.1. The Morgan fingerprint density at radius 1 is 1.35 bits per heavy atom. The van der Waals surface area contributed by atoms with Crippen molar-refractivity contribution in [2.24, 2.45) is 0 Å². The highest BCUT2D eigenvalue weighted by Gasteiger charge is 2.10. The van der Waals surface area contributed by atoms with Gasteiger partial charge in [-0.3, -0.25) is 4.90 Å². The molecule has 1 rings (SSSR count). The Morgan fingerprint density at radius 2 is 2.06 bits per heavy atom. The minimum atomic E-state index is -0.300. The van der Waals surface area contributed by atoms with Crippen molar-refractivity contribution in [3.8, 4) is 0 Å². The quantitative estimate of drug-likeness (QED) is 0.748. The van der Waals surface area contributed by atoms with Crippen molar-refractivity contribution in [3.63, 3.8) is 0 Å². The van der Waals surface area contributed by atoms with E-state index in [4.69, 9.17) is 10.8 Å². The first kappa shape index (κ1) is 13.9. The van der Waals surface area contributed by atoms with Gasteiger partial charge in [-0.05, 0) is 44.0 Å². The fourth-order valence-corrected chi connectivity index (χ4v) is 1.79. The van der Waals surface area contributed by atoms with Crippen molar-refractivity contribution in [2.45, 2.75) is 32.9 Å². The molecule has 0 saturated carbocycles. The molecule has 0 atom stereocenters. The standard InChI is InChI=1S/C13H21FN2O/c1-10(2)16(4-3-5-17)9-11-6-12(14)8-13(15)7-11/h6-8,10,17H,3-5,9,15H2,1-2H3. The predicted octanol–water partition coefficient (Wildman–Crippen LogP) is 2.00. The van der Waals surface area contributed by atoms with Crippen LogP contribution in [0.25, 0.3) is 0 Å². The molecule has 3 N–H and O–H groups in total. The van der Waals surface area contributed by atoms with Crippen LogP contribution in [-0.2, 0) is 6.54 Å². The molecule has 1 aromatic carbocycles. The summed E-state index contributed by atoms with van der Waals surface area (Å²) in [5.41, 5.74) is 6.93. The number of aliphatic hydroxyl groups excluding tert-OH is 1. The van der Waals surface area contributed by atoms with E-state index < -0.39 is 0 Å². The second kappa shape index (κ2) is 6.57. The number of nitrogen functional groups attached to an aromatic ring is 1. The summed E-state index contributed by atoms with van der Waals surface area (Å²) < 4.78 is 13.2. The summed E-state index contributed by atoms with van der Waals surface area (Å²) in [4.78, 5) is 2.18. The van der Waals surface area contributed by atoms with Gasteiger partial charge in [-0.1, -0.05) is 0 Å². The van der Waals surface area contributed by atoms with Crippen LogP contribution in [0, 0.1) is 5.82 Å². The van der Waals surface area contributed by atoms with Gasteiger partial charge in [0.1, 0.15) is 5.82 Å². The SMILES string of the molecule is CC(C)N(CCCO)Cc1cc(N)cc(F)c1. The minimum absolute atomic E-state index is 0.175. The molecule has 0 aliphatic rings. The van der Waals surface area contributed by atoms with Crippen LogP contribution in [0.4, 0.5) is 10.1 Å². The van der Waals surface area contributed by atoms with Gasteiger partial charge in [0.15, 0.2) is 0 Å². The second-order valence-corrected chi connectivity index (χ2v) is 4.53. The van der Waals surface area contributed by atoms with E-state index in [2.05, 4.69) is 18.7 Å². The minimum Gasteiger partial charge on any atom is -0.399 e. The number of aliphatic hydroxyl groups is 1. The van der Waals surface area contributed by atoms with E-state index in [0.29, 0.717) is 18.3 Å². The van der Waals surface area contributed by atoms with Gasteiger partial charge in [-0.15, -0.1) is 0 Å². The molecule has 0 radical (unpaired) electrons. The molecule has 0 amide bonds. The number of hydrogen-bond acceptors (Lipinski definition) is 3. The molecule has 0 fully saturated rings. The molecule has 0 aliphatic carbocycles. The summed E-state index contributed by atoms with van der Waals surface area (Å²) in [6, 6.07) is 4.96. The lowest BCUT2D eigenvalue weighted by Gasteiger charge is -2.26. The smallest absolute Gasteiger partial charge is 0.125 e. The topological polar surface area (TPSA) is 49.5 Å². The van der Waals surface area contributed by atoms with Gasteiger partial charge in [0.05, 0.1) is 0 Å². The fourth-order valence-electron chi connectivity index (χ4n) is 1.79. The Morgan fingerprint density at radius 3 is 2.59 bits per heavy atom. The van der Waals surface area contributed by atoms with E-state index in [1.54, 1.807) is 6.07 Å². The van der Waals surface area contributed by atoms with Crippen LogP contribution >= 0.6 is 0 Å². The van der Waals surface area contributed by atoms with Crippen molar-refractivity contribution in [2.75, 3.05) is 18.9 Å². The lowest BCUT2D eigenvalue weighted by Crippen LogP contribution is -2.31. The van der Waals surface area contributed by atoms with Crippen molar-refractivity contribution in [1.82, 2.24) is 4.90 Å². The molecule has 96 valence electrons. The van der Waals surface area contributed by atoms with Gasteiger partial charge in [0, 0.05) is 31.4 Å². The molecule has 17 heavy (non-hydrogen) atoms. The summed E-state index contributed by atoms with van der Waals surface area (Å²) >= 11 is 0. The Labute approximate surface area is 102 Å². The van der Waals surface area contributed by atoms with E-state index in [-0.39, 0.29) is 12.4 Å². The summed E-state index contributed by atoms with van der Waals surface area (Å²) in [5, 5.41) is 8.84. The van der Waals surface area contributed by atoms with E-state index in [1.807, 2.05) is 0 Å². The molecular formula is C13H21FN2O. The zero-order valence-corrected chi connectivity index (χ0v) is 10.5. The number of nitrogens with two attached hydrogens (primary N) is 1. The maximum Gasteiger partial charge on any atom is 0.125 e. The second-order valence-electron chi connectivity index (χ2n) is 4.53. The number of nitrogens with zero attached hydrogens (tertiary/aromatic N) is 1. The maximum absolute atomic E-state index is 13.2. The maximum atomic E-state index is 13.2. The van der Waals surface area contributed by atoms with E-state index in [0.717, 1.165) is 18.5 Å². The predicted molar refractivity (Wildman–Crippen MR) is 68.1 cm³/mol. The summed E-state index contributed by atoms with van der Waals surface area (Å²) in [7, 11) is 0. The molecule has 0 aliphatic heterocycles. The molecule has 4 heteroatoms. The Hall–Kier alpha value is -1.13. The zero-order valence-electron chi connectivity index (χ0n) is 10.5. The highest BCUT2D eigenvalue weighted by molar-refractivity contribution is 5.41. The molecule has 0 bridgehead atoms. The molecule has 0 spiro atoms. The summed E-state index contributed by atoms with van der Waals surface area (Å²) in [5.74, 6) is -0.300. The Kier molecular flexibility index (Phi) is 5.38. The molecule has 0 saturated heterocycles. The van der Waals surface area contributed by atoms with E-state index in [9.17, 15) is 4.39 Å². The lowest BCUT2D eigenvalue weighted by atomic mass is 10.1. The third kappa shape index (κ3) is 4.71. The van der Waals surface area contributed by atoms with Crippen molar-refractivity contribution >= 4 is 5.69 Å². The van der Waals surface area contributed by atoms with Gasteiger partial charge in [-0.25, -0.2) is 4.39 Å². The first-order valence-corrected chi connectivity index (χ1v) is 5.92. The molecular weight excluding hydrogens is 219 g/mol. The van der Waals surface area contributed by atoms with E-state index in [1.165, 1.54) is 12.1 Å². The molecule has 3 nitrogen and oxygen atoms in total. The largest absolute Gasteiger partial charge is 0.399 e. The van der Waals surface area contributed by atoms with Gasteiger partial charge in [0.25, 0.3) is 0 Å². The fraction of sp³-hybridized carbons (Fsp3) is 0.538. The van der Waals surface area contributed by atoms with Crippen LogP contribution < -0.4 is 5.73 Å². The first-order valence-electron chi connectivity index (χ1n) is 5.92. The van der Waals surface area contributed by atoms with Crippen LogP contribution in [0.5, 0.6) is 0 Å². The number of halogens is 1. The third-order valence-corrected chi connectivity index (χ3v) is 2.70. The van der Waals surface area contributed by atoms with Gasteiger partial charge in [-0.2, -0.15) is 0 Å². The van der Waals surface area contributed by atoms with Crippen molar-refractivity contribution in [3.05, 3.63) is 29.6 Å². The lowest BCUT2D eigenvalue weighted by molar-refractivity contribution is 0.184. The Bertz CT molecular complexity index is 335. The number of benzene rings is 1. The normalized spacial score (nSPS) is 11.4. The van der Waals surface area contributed by atoms with Crippen molar-refractivity contribution in [1.29, 1.82) is 0 Å². The van der Waals surface area contributed by atoms with Gasteiger partial charge in [0.2, 0.25) is 0 Å². The molecule has 0 unspecified atom stereocenters. The van der Waals surface area contributed by atoms with Crippen LogP contribution in [0.3, 0.4) is 0 Å². The van der Waals surface area contributed by atoms with Crippen molar-refractivity contribution < 1.29 is 9.50 Å². The third-order valence-electron chi connectivity index (χ3n) is 2.70. The van der Waals surface area contributed by atoms with Crippen LogP contribution in [0.15, 0.2) is 18.2 Å². The summed E-state index contributed by atoms with van der Waals surface area (Å²) in [6.45, 7) is 5.79. The molecule has 1 aromatic rings. The molecule has 0 heterocycles. The molecule has 0 aromatic heterocycles. The first-order chi connectivity index (χ1) is 8.02. The average molecular weight is 240 g/mol. The van der Waals surface area contributed by atoms with Gasteiger partial charge < -0.3 is 10.8 Å². The van der Waals surface area contributed by atoms with E-state index >= 15 is 0 Å². The summed E-state index contributed by atoms with van der Waals surface area (Å²) in [6.07, 6.45) is 0.725. The highest BCUT2D eigenvalue weighted by Crippen LogP contribution is 2.14. The number of anilines is 1. The monoisotopic (exact) mass is 240 g/mol. The Balaban J connectivity index is 2.71. The number of hydrogen-bond donors (Lipinski definition) is 2. The van der Waals surface area contributed by atoms with Crippen LogP contribution in [-0.4, -0.2) is 29.2 Å². The van der Waals surface area contributed by atoms with Crippen LogP contribution in [0.1, 0.15) is 25.8 Å². The number of rotatable bonds is 6. The van der Waals surface area contributed by atoms with Gasteiger partial charge >= 0.3 is 0 Å². The average Bonchev–Trinajstić information content (AvgIpc) is 2.22. The van der Waals surface area contributed by atoms with Crippen LogP contribution in [0.2, 0.25) is 0 Å². The zero-order chi connectivity index (χ0) is 12.8.